The zero-order valence-corrected chi connectivity index (χ0v) is 20.4. The topological polar surface area (TPSA) is 78.4 Å². The normalized spacial score (nSPS) is 17.0. The van der Waals surface area contributed by atoms with E-state index in [4.69, 9.17) is 0 Å². The van der Waals surface area contributed by atoms with Crippen LogP contribution in [0.3, 0.4) is 0 Å². The van der Waals surface area contributed by atoms with Crippen LogP contribution in [-0.2, 0) is 17.8 Å². The summed E-state index contributed by atoms with van der Waals surface area (Å²) in [7, 11) is 0. The van der Waals surface area contributed by atoms with E-state index >= 15 is 0 Å². The van der Waals surface area contributed by atoms with E-state index in [2.05, 4.69) is 44.5 Å². The first kappa shape index (κ1) is 24.5. The second-order valence-corrected chi connectivity index (χ2v) is 9.68. The fourth-order valence-corrected chi connectivity index (χ4v) is 4.60. The highest BCUT2D eigenvalue weighted by Gasteiger charge is 2.36. The Bertz CT molecular complexity index is 1110. The van der Waals surface area contributed by atoms with Crippen LogP contribution in [0.15, 0.2) is 79.3 Å². The SMILES string of the molecule is CC(C)(NC(=O)c1ccccc1)C(=O)N1CCN(Cc2ccccc2)C[C@@H](Cc2cnccn2)C1. The monoisotopic (exact) mass is 471 g/mol. The van der Waals surface area contributed by atoms with Crippen molar-refractivity contribution in [2.24, 2.45) is 5.92 Å². The van der Waals surface area contributed by atoms with Crippen molar-refractivity contribution in [2.45, 2.75) is 32.4 Å². The quantitative estimate of drug-likeness (QED) is 0.573. The summed E-state index contributed by atoms with van der Waals surface area (Å²) in [4.78, 5) is 39.4. The molecule has 2 heterocycles. The molecule has 35 heavy (non-hydrogen) atoms. The lowest BCUT2D eigenvalue weighted by atomic mass is 9.99. The van der Waals surface area contributed by atoms with E-state index in [1.54, 1.807) is 44.6 Å². The Balaban J connectivity index is 1.49. The summed E-state index contributed by atoms with van der Waals surface area (Å²) in [6.45, 7) is 7.21. The minimum Gasteiger partial charge on any atom is -0.339 e. The van der Waals surface area contributed by atoms with Crippen molar-refractivity contribution in [3.8, 4) is 0 Å². The molecule has 1 fully saturated rings. The van der Waals surface area contributed by atoms with Gasteiger partial charge in [-0.3, -0.25) is 24.5 Å². The number of hydrogen-bond donors (Lipinski definition) is 1. The van der Waals surface area contributed by atoms with E-state index in [1.165, 1.54) is 5.56 Å². The fraction of sp³-hybridized carbons (Fsp3) is 0.357. The lowest BCUT2D eigenvalue weighted by Crippen LogP contribution is -2.57. The molecule has 0 saturated carbocycles. The van der Waals surface area contributed by atoms with Crippen LogP contribution in [-0.4, -0.2) is 63.3 Å². The van der Waals surface area contributed by atoms with Gasteiger partial charge in [-0.15, -0.1) is 0 Å². The third-order valence-electron chi connectivity index (χ3n) is 6.33. The zero-order valence-electron chi connectivity index (χ0n) is 20.4. The van der Waals surface area contributed by atoms with Crippen molar-refractivity contribution in [1.29, 1.82) is 0 Å². The number of rotatable bonds is 7. The molecule has 1 aromatic heterocycles. The first-order chi connectivity index (χ1) is 16.9. The van der Waals surface area contributed by atoms with E-state index in [1.807, 2.05) is 29.2 Å². The average Bonchev–Trinajstić information content (AvgIpc) is 3.07. The Morgan fingerprint density at radius 3 is 2.37 bits per heavy atom. The standard InChI is InChI=1S/C28H33N5O2/c1-28(2,31-26(34)24-11-7-4-8-12-24)27(35)33-16-15-32(19-22-9-5-3-6-10-22)20-23(21-33)17-25-18-29-13-14-30-25/h3-14,18,23H,15-17,19-21H2,1-2H3,(H,31,34)/t23-/m1/s1. The van der Waals surface area contributed by atoms with Crippen molar-refractivity contribution in [2.75, 3.05) is 26.2 Å². The molecule has 0 spiro atoms. The molecule has 1 saturated heterocycles. The van der Waals surface area contributed by atoms with E-state index in [-0.39, 0.29) is 17.7 Å². The van der Waals surface area contributed by atoms with Gasteiger partial charge in [0.1, 0.15) is 5.54 Å². The van der Waals surface area contributed by atoms with Gasteiger partial charge in [-0.05, 0) is 43.9 Å². The maximum absolute atomic E-state index is 13.7. The largest absolute Gasteiger partial charge is 0.339 e. The molecule has 0 radical (unpaired) electrons. The van der Waals surface area contributed by atoms with Crippen LogP contribution < -0.4 is 5.32 Å². The van der Waals surface area contributed by atoms with Gasteiger partial charge in [-0.2, -0.15) is 0 Å². The first-order valence-electron chi connectivity index (χ1n) is 12.1. The van der Waals surface area contributed by atoms with Crippen LogP contribution in [0.1, 0.15) is 35.5 Å². The predicted octanol–water partition coefficient (Wildman–Crippen LogP) is 3.19. The maximum Gasteiger partial charge on any atom is 0.252 e. The number of benzene rings is 2. The first-order valence-corrected chi connectivity index (χ1v) is 12.1. The molecule has 182 valence electrons. The molecule has 3 aromatic rings. The van der Waals surface area contributed by atoms with Crippen LogP contribution in [0.5, 0.6) is 0 Å². The lowest BCUT2D eigenvalue weighted by molar-refractivity contribution is -0.137. The summed E-state index contributed by atoms with van der Waals surface area (Å²) in [6.07, 6.45) is 5.91. The molecule has 7 nitrogen and oxygen atoms in total. The number of nitrogens with zero attached hydrogens (tertiary/aromatic N) is 4. The van der Waals surface area contributed by atoms with Crippen molar-refractivity contribution < 1.29 is 9.59 Å². The molecule has 1 aliphatic heterocycles. The number of hydrogen-bond acceptors (Lipinski definition) is 5. The molecule has 1 aliphatic rings. The molecular weight excluding hydrogens is 438 g/mol. The Kier molecular flexibility index (Phi) is 7.87. The second-order valence-electron chi connectivity index (χ2n) is 9.68. The molecule has 2 aromatic carbocycles. The van der Waals surface area contributed by atoms with Gasteiger partial charge in [0.2, 0.25) is 5.91 Å². The van der Waals surface area contributed by atoms with Crippen LogP contribution >= 0.6 is 0 Å². The number of carbonyl (C=O) groups is 2. The third-order valence-corrected chi connectivity index (χ3v) is 6.33. The number of nitrogens with one attached hydrogen (secondary N) is 1. The van der Waals surface area contributed by atoms with Crippen molar-refractivity contribution in [3.05, 3.63) is 96.1 Å². The number of amides is 2. The van der Waals surface area contributed by atoms with Gasteiger partial charge in [0.15, 0.2) is 0 Å². The highest BCUT2D eigenvalue weighted by atomic mass is 16.2. The van der Waals surface area contributed by atoms with Crippen molar-refractivity contribution in [3.63, 3.8) is 0 Å². The van der Waals surface area contributed by atoms with Crippen molar-refractivity contribution in [1.82, 2.24) is 25.1 Å². The molecule has 0 bridgehead atoms. The van der Waals surface area contributed by atoms with Gasteiger partial charge in [-0.1, -0.05) is 48.5 Å². The summed E-state index contributed by atoms with van der Waals surface area (Å²) in [5.41, 5.74) is 1.68. The highest BCUT2D eigenvalue weighted by molar-refractivity contribution is 5.98. The second kappa shape index (κ2) is 11.2. The Morgan fingerprint density at radius 1 is 0.971 bits per heavy atom. The number of aromatic nitrogens is 2. The minimum atomic E-state index is -1.03. The molecular formula is C28H33N5O2. The molecule has 2 amide bonds. The maximum atomic E-state index is 13.7. The molecule has 1 atom stereocenters. The molecule has 1 N–H and O–H groups in total. The minimum absolute atomic E-state index is 0.0764. The van der Waals surface area contributed by atoms with E-state index in [0.717, 1.165) is 31.7 Å². The summed E-state index contributed by atoms with van der Waals surface area (Å²) in [5.74, 6) is -0.129. The van der Waals surface area contributed by atoms with Crippen LogP contribution in [0, 0.1) is 5.92 Å². The number of carbonyl (C=O) groups excluding carboxylic acids is 2. The summed E-state index contributed by atoms with van der Waals surface area (Å²) in [6, 6.07) is 19.4. The van der Waals surface area contributed by atoms with Crippen LogP contribution in [0.25, 0.3) is 0 Å². The Hall–Kier alpha value is -3.58. The molecule has 0 unspecified atom stereocenters. The third kappa shape index (κ3) is 6.73. The van der Waals surface area contributed by atoms with Crippen LogP contribution in [0.4, 0.5) is 0 Å². The van der Waals surface area contributed by atoms with Gasteiger partial charge < -0.3 is 10.2 Å². The van der Waals surface area contributed by atoms with Gasteiger partial charge in [0.25, 0.3) is 5.91 Å². The predicted molar refractivity (Wildman–Crippen MR) is 136 cm³/mol. The lowest BCUT2D eigenvalue weighted by Gasteiger charge is -2.33. The summed E-state index contributed by atoms with van der Waals surface area (Å²) < 4.78 is 0. The Labute approximate surface area is 207 Å². The smallest absolute Gasteiger partial charge is 0.252 e. The van der Waals surface area contributed by atoms with Gasteiger partial charge in [-0.25, -0.2) is 0 Å². The Morgan fingerprint density at radius 2 is 1.69 bits per heavy atom. The zero-order chi connectivity index (χ0) is 24.7. The fourth-order valence-electron chi connectivity index (χ4n) is 4.60. The van der Waals surface area contributed by atoms with Gasteiger partial charge in [0.05, 0.1) is 5.69 Å². The molecule has 7 heteroatoms. The molecule has 4 rings (SSSR count). The van der Waals surface area contributed by atoms with Crippen LogP contribution in [0.2, 0.25) is 0 Å². The van der Waals surface area contributed by atoms with Gasteiger partial charge >= 0.3 is 0 Å². The van der Waals surface area contributed by atoms with E-state index < -0.39 is 5.54 Å². The summed E-state index contributed by atoms with van der Waals surface area (Å²) in [5, 5.41) is 2.94. The summed E-state index contributed by atoms with van der Waals surface area (Å²) >= 11 is 0. The highest BCUT2D eigenvalue weighted by Crippen LogP contribution is 2.19. The van der Waals surface area contributed by atoms with E-state index in [0.29, 0.717) is 18.7 Å². The van der Waals surface area contributed by atoms with E-state index in [9.17, 15) is 9.59 Å². The van der Waals surface area contributed by atoms with Gasteiger partial charge in [0, 0.05) is 56.9 Å². The average molecular weight is 472 g/mol. The molecule has 0 aliphatic carbocycles. The van der Waals surface area contributed by atoms with Crippen molar-refractivity contribution >= 4 is 11.8 Å².